The fourth-order valence-corrected chi connectivity index (χ4v) is 2.71. The highest BCUT2D eigenvalue weighted by Gasteiger charge is 2.17. The van der Waals surface area contributed by atoms with Gasteiger partial charge in [0, 0.05) is 6.42 Å². The van der Waals surface area contributed by atoms with Crippen LogP contribution in [0.5, 0.6) is 0 Å². The van der Waals surface area contributed by atoms with Crippen LogP contribution in [-0.4, -0.2) is 18.4 Å². The number of nitrogens with two attached hydrogens (primary N) is 1. The smallest absolute Gasteiger partial charge is 0.243 e. The fourth-order valence-electron chi connectivity index (χ4n) is 2.71. The number of benzene rings is 1. The van der Waals surface area contributed by atoms with Gasteiger partial charge in [-0.3, -0.25) is 9.59 Å². The monoisotopic (exact) mass is 289 g/mol. The first kappa shape index (κ1) is 15.4. The molecule has 5 nitrogen and oxygen atoms in total. The van der Waals surface area contributed by atoms with Crippen LogP contribution in [0.4, 0.5) is 11.4 Å². The van der Waals surface area contributed by atoms with Crippen molar-refractivity contribution in [2.75, 3.05) is 17.6 Å². The fraction of sp³-hybridized carbons (Fsp3) is 0.500. The molecule has 0 atom stereocenters. The number of carbonyl (C=O) groups is 2. The van der Waals surface area contributed by atoms with Crippen LogP contribution in [0.15, 0.2) is 24.3 Å². The van der Waals surface area contributed by atoms with Crippen LogP contribution in [-0.2, 0) is 9.59 Å². The van der Waals surface area contributed by atoms with Crippen molar-refractivity contribution in [2.45, 2.75) is 38.5 Å². The van der Waals surface area contributed by atoms with E-state index in [2.05, 4.69) is 10.6 Å². The minimum Gasteiger partial charge on any atom is -0.397 e. The lowest BCUT2D eigenvalue weighted by Gasteiger charge is -2.20. The summed E-state index contributed by atoms with van der Waals surface area (Å²) in [4.78, 5) is 23.6. The molecule has 0 bridgehead atoms. The van der Waals surface area contributed by atoms with Gasteiger partial charge in [0.05, 0.1) is 17.9 Å². The SMILES string of the molecule is Nc1ccccc1NC(=O)CNC(=O)CC1CCCCC1. The van der Waals surface area contributed by atoms with Gasteiger partial charge in [0.25, 0.3) is 0 Å². The Labute approximate surface area is 125 Å². The van der Waals surface area contributed by atoms with E-state index in [4.69, 9.17) is 5.73 Å². The van der Waals surface area contributed by atoms with Crippen LogP contribution in [0, 0.1) is 5.92 Å². The van der Waals surface area contributed by atoms with E-state index in [1.807, 2.05) is 0 Å². The number of hydrogen-bond donors (Lipinski definition) is 3. The lowest BCUT2D eigenvalue weighted by atomic mass is 9.87. The van der Waals surface area contributed by atoms with Crippen LogP contribution >= 0.6 is 0 Å². The number of anilines is 2. The summed E-state index contributed by atoms with van der Waals surface area (Å²) in [5.41, 5.74) is 6.83. The Balaban J connectivity index is 1.71. The second-order valence-corrected chi connectivity index (χ2v) is 5.62. The van der Waals surface area contributed by atoms with E-state index in [-0.39, 0.29) is 18.4 Å². The Morgan fingerprint density at radius 3 is 2.52 bits per heavy atom. The van der Waals surface area contributed by atoms with Crippen molar-refractivity contribution in [3.05, 3.63) is 24.3 Å². The van der Waals surface area contributed by atoms with Gasteiger partial charge in [-0.1, -0.05) is 31.4 Å². The molecule has 1 aliphatic rings. The van der Waals surface area contributed by atoms with Crippen LogP contribution in [0.25, 0.3) is 0 Å². The molecule has 1 aliphatic carbocycles. The van der Waals surface area contributed by atoms with Crippen LogP contribution in [0.2, 0.25) is 0 Å². The van der Waals surface area contributed by atoms with Gasteiger partial charge in [-0.2, -0.15) is 0 Å². The van der Waals surface area contributed by atoms with Gasteiger partial charge in [-0.05, 0) is 30.9 Å². The van der Waals surface area contributed by atoms with Gasteiger partial charge in [-0.15, -0.1) is 0 Å². The summed E-state index contributed by atoms with van der Waals surface area (Å²) in [6.45, 7) is -0.0140. The molecule has 0 saturated heterocycles. The molecule has 2 rings (SSSR count). The molecular formula is C16H23N3O2. The lowest BCUT2D eigenvalue weighted by Crippen LogP contribution is -2.34. The molecule has 0 spiro atoms. The van der Waals surface area contributed by atoms with E-state index < -0.39 is 0 Å². The summed E-state index contributed by atoms with van der Waals surface area (Å²) in [5, 5.41) is 5.37. The third-order valence-electron chi connectivity index (χ3n) is 3.88. The molecule has 4 N–H and O–H groups in total. The predicted octanol–water partition coefficient (Wildman–Crippen LogP) is 2.29. The molecule has 1 aromatic carbocycles. The first-order chi connectivity index (χ1) is 10.1. The van der Waals surface area contributed by atoms with E-state index in [1.165, 1.54) is 19.3 Å². The average molecular weight is 289 g/mol. The van der Waals surface area contributed by atoms with Gasteiger partial charge < -0.3 is 16.4 Å². The molecule has 2 amide bonds. The first-order valence-electron chi connectivity index (χ1n) is 7.56. The number of carbonyl (C=O) groups excluding carboxylic acids is 2. The van der Waals surface area contributed by atoms with Crippen molar-refractivity contribution in [3.63, 3.8) is 0 Å². The maximum Gasteiger partial charge on any atom is 0.243 e. The highest BCUT2D eigenvalue weighted by atomic mass is 16.2. The molecular weight excluding hydrogens is 266 g/mol. The Kier molecular flexibility index (Phi) is 5.60. The number of nitrogens with one attached hydrogen (secondary N) is 2. The minimum absolute atomic E-state index is 0.0140. The molecule has 1 aromatic rings. The molecule has 0 aromatic heterocycles. The Morgan fingerprint density at radius 2 is 1.81 bits per heavy atom. The molecule has 5 heteroatoms. The topological polar surface area (TPSA) is 84.2 Å². The maximum atomic E-state index is 11.8. The van der Waals surface area contributed by atoms with E-state index in [1.54, 1.807) is 24.3 Å². The highest BCUT2D eigenvalue weighted by molar-refractivity contribution is 5.96. The summed E-state index contributed by atoms with van der Waals surface area (Å²) in [5.74, 6) is 0.176. The van der Waals surface area contributed by atoms with Crippen molar-refractivity contribution in [1.29, 1.82) is 0 Å². The van der Waals surface area contributed by atoms with E-state index in [0.717, 1.165) is 12.8 Å². The third-order valence-corrected chi connectivity index (χ3v) is 3.88. The van der Waals surface area contributed by atoms with Gasteiger partial charge in [0.2, 0.25) is 11.8 Å². The Bertz CT molecular complexity index is 496. The van der Waals surface area contributed by atoms with E-state index >= 15 is 0 Å². The molecule has 1 saturated carbocycles. The van der Waals surface area contributed by atoms with Gasteiger partial charge in [0.1, 0.15) is 0 Å². The molecule has 0 heterocycles. The first-order valence-corrected chi connectivity index (χ1v) is 7.56. The molecule has 0 unspecified atom stereocenters. The number of para-hydroxylation sites is 2. The second kappa shape index (κ2) is 7.67. The minimum atomic E-state index is -0.259. The summed E-state index contributed by atoms with van der Waals surface area (Å²) < 4.78 is 0. The average Bonchev–Trinajstić information content (AvgIpc) is 2.49. The van der Waals surface area contributed by atoms with Crippen molar-refractivity contribution in [1.82, 2.24) is 5.32 Å². The van der Waals surface area contributed by atoms with Gasteiger partial charge in [0.15, 0.2) is 0 Å². The van der Waals surface area contributed by atoms with Crippen molar-refractivity contribution >= 4 is 23.2 Å². The maximum absolute atomic E-state index is 11.8. The normalized spacial score (nSPS) is 15.4. The van der Waals surface area contributed by atoms with Gasteiger partial charge in [-0.25, -0.2) is 0 Å². The number of amides is 2. The van der Waals surface area contributed by atoms with E-state index in [0.29, 0.717) is 23.7 Å². The summed E-state index contributed by atoms with van der Waals surface area (Å²) in [6, 6.07) is 7.05. The largest absolute Gasteiger partial charge is 0.397 e. The molecule has 0 aliphatic heterocycles. The zero-order valence-corrected chi connectivity index (χ0v) is 12.2. The molecule has 1 fully saturated rings. The van der Waals surface area contributed by atoms with Crippen LogP contribution in [0.1, 0.15) is 38.5 Å². The van der Waals surface area contributed by atoms with Gasteiger partial charge >= 0.3 is 0 Å². The predicted molar refractivity (Wildman–Crippen MR) is 83.7 cm³/mol. The Hall–Kier alpha value is -2.04. The Morgan fingerprint density at radius 1 is 1.10 bits per heavy atom. The number of hydrogen-bond acceptors (Lipinski definition) is 3. The van der Waals surface area contributed by atoms with Crippen molar-refractivity contribution < 1.29 is 9.59 Å². The standard InChI is InChI=1S/C16H23N3O2/c17-13-8-4-5-9-14(13)19-16(21)11-18-15(20)10-12-6-2-1-3-7-12/h4-5,8-9,12H,1-3,6-7,10-11,17H2,(H,18,20)(H,19,21). The summed E-state index contributed by atoms with van der Waals surface area (Å²) in [6.07, 6.45) is 6.48. The number of nitrogen functional groups attached to an aromatic ring is 1. The highest BCUT2D eigenvalue weighted by Crippen LogP contribution is 2.26. The number of rotatable bonds is 5. The zero-order chi connectivity index (χ0) is 15.1. The third kappa shape index (κ3) is 5.10. The molecule has 114 valence electrons. The zero-order valence-electron chi connectivity index (χ0n) is 12.2. The summed E-state index contributed by atoms with van der Waals surface area (Å²) >= 11 is 0. The summed E-state index contributed by atoms with van der Waals surface area (Å²) in [7, 11) is 0. The second-order valence-electron chi connectivity index (χ2n) is 5.62. The quantitative estimate of drug-likeness (QED) is 0.727. The molecule has 21 heavy (non-hydrogen) atoms. The van der Waals surface area contributed by atoms with Crippen LogP contribution < -0.4 is 16.4 Å². The van der Waals surface area contributed by atoms with Crippen LogP contribution in [0.3, 0.4) is 0 Å². The van der Waals surface area contributed by atoms with Crippen molar-refractivity contribution in [2.24, 2.45) is 5.92 Å². The van der Waals surface area contributed by atoms with Crippen molar-refractivity contribution in [3.8, 4) is 0 Å². The lowest BCUT2D eigenvalue weighted by molar-refractivity contribution is -0.125. The van der Waals surface area contributed by atoms with E-state index in [9.17, 15) is 9.59 Å². The molecule has 0 radical (unpaired) electrons.